The van der Waals surface area contributed by atoms with Crippen LogP contribution < -0.4 is 4.90 Å². The first-order valence-electron chi connectivity index (χ1n) is 23.0. The number of hydrogen-bond acceptors (Lipinski definition) is 2. The van der Waals surface area contributed by atoms with E-state index in [1.54, 1.807) is 0 Å². The molecule has 13 rings (SSSR count). The lowest BCUT2D eigenvalue weighted by Gasteiger charge is -2.33. The minimum absolute atomic E-state index is 0.183. The van der Waals surface area contributed by atoms with Gasteiger partial charge in [-0.25, -0.2) is 0 Å². The molecule has 66 heavy (non-hydrogen) atoms. The standard InChI is InChI=1S/C64H45NO/c1-63(2)54-30-15-12-26-49(54)52-37-36-47(41-58(52)63)65(48-39-44(42-20-6-3-7-21-42)38-45(40-48)43-22-8-4-9-23-43)59-34-19-35-60-61(59)53-29-18-33-57(62(53)66-60)64(46-24-10-5-11-25-46)55-31-16-13-27-50(55)51-28-14-17-32-56(51)64/h3-41H,1-2H3. The van der Waals surface area contributed by atoms with Gasteiger partial charge in [-0.05, 0) is 115 Å². The van der Waals surface area contributed by atoms with Gasteiger partial charge in [0, 0.05) is 27.7 Å². The van der Waals surface area contributed by atoms with Gasteiger partial charge in [-0.1, -0.05) is 208 Å². The van der Waals surface area contributed by atoms with Gasteiger partial charge in [0.05, 0.1) is 16.5 Å². The van der Waals surface area contributed by atoms with E-state index in [0.29, 0.717) is 0 Å². The van der Waals surface area contributed by atoms with Gasteiger partial charge in [-0.2, -0.15) is 0 Å². The van der Waals surface area contributed by atoms with E-state index < -0.39 is 5.41 Å². The van der Waals surface area contributed by atoms with Gasteiger partial charge in [0.2, 0.25) is 0 Å². The van der Waals surface area contributed by atoms with Crippen LogP contribution in [0.1, 0.15) is 47.2 Å². The maximum Gasteiger partial charge on any atom is 0.140 e. The zero-order valence-corrected chi connectivity index (χ0v) is 36.9. The number of furan rings is 1. The lowest BCUT2D eigenvalue weighted by atomic mass is 9.67. The summed E-state index contributed by atoms with van der Waals surface area (Å²) in [5, 5.41) is 2.16. The van der Waals surface area contributed by atoms with Crippen molar-refractivity contribution in [2.24, 2.45) is 0 Å². The van der Waals surface area contributed by atoms with Crippen molar-refractivity contribution in [3.05, 3.63) is 270 Å². The first-order chi connectivity index (χ1) is 32.5. The molecule has 0 unspecified atom stereocenters. The summed E-state index contributed by atoms with van der Waals surface area (Å²) in [4.78, 5) is 2.48. The molecule has 2 heteroatoms. The molecule has 0 fully saturated rings. The van der Waals surface area contributed by atoms with Crippen LogP contribution >= 0.6 is 0 Å². The quantitative estimate of drug-likeness (QED) is 0.159. The zero-order chi connectivity index (χ0) is 44.0. The minimum Gasteiger partial charge on any atom is -0.456 e. The van der Waals surface area contributed by atoms with Crippen molar-refractivity contribution in [2.75, 3.05) is 4.90 Å². The highest BCUT2D eigenvalue weighted by molar-refractivity contribution is 6.15. The topological polar surface area (TPSA) is 16.4 Å². The molecule has 2 nitrogen and oxygen atoms in total. The molecule has 312 valence electrons. The van der Waals surface area contributed by atoms with E-state index in [9.17, 15) is 0 Å². The minimum atomic E-state index is -0.614. The molecule has 0 saturated carbocycles. The maximum atomic E-state index is 7.34. The van der Waals surface area contributed by atoms with Crippen LogP contribution in [-0.4, -0.2) is 0 Å². The van der Waals surface area contributed by atoms with E-state index in [4.69, 9.17) is 4.42 Å². The Labute approximate surface area is 385 Å². The van der Waals surface area contributed by atoms with Crippen molar-refractivity contribution in [2.45, 2.75) is 24.7 Å². The monoisotopic (exact) mass is 843 g/mol. The number of para-hydroxylation sites is 1. The summed E-state index contributed by atoms with van der Waals surface area (Å²) in [6.45, 7) is 4.73. The second-order valence-electron chi connectivity index (χ2n) is 18.4. The zero-order valence-electron chi connectivity index (χ0n) is 36.9. The van der Waals surface area contributed by atoms with E-state index in [1.807, 2.05) is 0 Å². The highest BCUT2D eigenvalue weighted by Crippen LogP contribution is 2.58. The third-order valence-corrected chi connectivity index (χ3v) is 14.5. The van der Waals surface area contributed by atoms with Gasteiger partial charge in [0.25, 0.3) is 0 Å². The maximum absolute atomic E-state index is 7.34. The van der Waals surface area contributed by atoms with Crippen molar-refractivity contribution >= 4 is 39.0 Å². The summed E-state index contributed by atoms with van der Waals surface area (Å²) in [5.74, 6) is 0. The third-order valence-electron chi connectivity index (χ3n) is 14.5. The molecule has 0 saturated heterocycles. The van der Waals surface area contributed by atoms with Crippen LogP contribution in [0.3, 0.4) is 0 Å². The molecule has 0 radical (unpaired) electrons. The van der Waals surface area contributed by atoms with Gasteiger partial charge in [0.1, 0.15) is 11.2 Å². The number of fused-ring (bicyclic) bond motifs is 9. The molecule has 2 aliphatic carbocycles. The van der Waals surface area contributed by atoms with Crippen LogP contribution in [0.4, 0.5) is 17.1 Å². The fourth-order valence-corrected chi connectivity index (χ4v) is 11.6. The summed E-state index contributed by atoms with van der Waals surface area (Å²) < 4.78 is 7.34. The summed E-state index contributed by atoms with van der Waals surface area (Å²) in [6.07, 6.45) is 0. The van der Waals surface area contributed by atoms with E-state index in [-0.39, 0.29) is 5.41 Å². The second-order valence-corrected chi connectivity index (χ2v) is 18.4. The fraction of sp³-hybridized carbons (Fsp3) is 0.0625. The van der Waals surface area contributed by atoms with Gasteiger partial charge in [0.15, 0.2) is 0 Å². The Morgan fingerprint density at radius 1 is 0.364 bits per heavy atom. The fourth-order valence-electron chi connectivity index (χ4n) is 11.6. The van der Waals surface area contributed by atoms with Crippen molar-refractivity contribution in [1.82, 2.24) is 0 Å². The molecule has 0 N–H and O–H groups in total. The summed E-state index contributed by atoms with van der Waals surface area (Å²) in [6, 6.07) is 86.8. The smallest absolute Gasteiger partial charge is 0.140 e. The van der Waals surface area contributed by atoms with Crippen molar-refractivity contribution in [1.29, 1.82) is 0 Å². The SMILES string of the molecule is CC1(C)c2ccccc2-c2ccc(N(c3cc(-c4ccccc4)cc(-c4ccccc4)c3)c3cccc4oc5c(C6(c7ccccc7)c7ccccc7-c7ccccc76)cccc5c34)cc21. The third kappa shape index (κ3) is 5.55. The summed E-state index contributed by atoms with van der Waals surface area (Å²) in [5.41, 5.74) is 21.5. The number of anilines is 3. The van der Waals surface area contributed by atoms with Crippen LogP contribution in [0.5, 0.6) is 0 Å². The molecular weight excluding hydrogens is 799 g/mol. The van der Waals surface area contributed by atoms with Crippen LogP contribution in [0.15, 0.2) is 241 Å². The van der Waals surface area contributed by atoms with E-state index in [2.05, 4.69) is 255 Å². The van der Waals surface area contributed by atoms with Gasteiger partial charge in [-0.15, -0.1) is 0 Å². The molecule has 11 aromatic rings. The molecule has 1 heterocycles. The number of rotatable bonds is 7. The summed E-state index contributed by atoms with van der Waals surface area (Å²) in [7, 11) is 0. The number of nitrogens with zero attached hydrogens (tertiary/aromatic N) is 1. The predicted octanol–water partition coefficient (Wildman–Crippen LogP) is 17.1. The van der Waals surface area contributed by atoms with Crippen molar-refractivity contribution < 1.29 is 4.42 Å². The lowest BCUT2D eigenvalue weighted by molar-refractivity contribution is 0.648. The first-order valence-corrected chi connectivity index (χ1v) is 23.0. The molecule has 2 aliphatic rings. The Bertz CT molecular complexity index is 3570. The van der Waals surface area contributed by atoms with Crippen molar-refractivity contribution in [3.8, 4) is 44.5 Å². The largest absolute Gasteiger partial charge is 0.456 e. The molecule has 0 spiro atoms. The predicted molar refractivity (Wildman–Crippen MR) is 274 cm³/mol. The molecule has 0 atom stereocenters. The highest BCUT2D eigenvalue weighted by atomic mass is 16.3. The Hall–Kier alpha value is -8.20. The molecule has 0 amide bonds. The van der Waals surface area contributed by atoms with Crippen LogP contribution in [0.25, 0.3) is 66.4 Å². The van der Waals surface area contributed by atoms with Crippen LogP contribution in [0.2, 0.25) is 0 Å². The second kappa shape index (κ2) is 14.7. The van der Waals surface area contributed by atoms with E-state index in [0.717, 1.165) is 55.7 Å². The Balaban J connectivity index is 1.11. The average Bonchev–Trinajstić information content (AvgIpc) is 3.99. The molecule has 10 aromatic carbocycles. The Morgan fingerprint density at radius 3 is 1.52 bits per heavy atom. The normalized spacial score (nSPS) is 13.8. The molecule has 0 bridgehead atoms. The Morgan fingerprint density at radius 2 is 0.879 bits per heavy atom. The van der Waals surface area contributed by atoms with Gasteiger partial charge >= 0.3 is 0 Å². The molecular formula is C64H45NO. The first kappa shape index (κ1) is 38.3. The summed E-state index contributed by atoms with van der Waals surface area (Å²) >= 11 is 0. The Kier molecular flexibility index (Phi) is 8.51. The highest BCUT2D eigenvalue weighted by Gasteiger charge is 2.47. The van der Waals surface area contributed by atoms with Crippen LogP contribution in [-0.2, 0) is 10.8 Å². The van der Waals surface area contributed by atoms with Gasteiger partial charge in [-0.3, -0.25) is 0 Å². The number of benzene rings is 10. The van der Waals surface area contributed by atoms with Gasteiger partial charge < -0.3 is 9.32 Å². The van der Waals surface area contributed by atoms with E-state index >= 15 is 0 Å². The molecule has 0 aliphatic heterocycles. The molecule has 1 aromatic heterocycles. The number of hydrogen-bond donors (Lipinski definition) is 0. The van der Waals surface area contributed by atoms with E-state index in [1.165, 1.54) is 61.2 Å². The lowest BCUT2D eigenvalue weighted by Crippen LogP contribution is -2.28. The van der Waals surface area contributed by atoms with Crippen molar-refractivity contribution in [3.63, 3.8) is 0 Å². The average molecular weight is 844 g/mol. The van der Waals surface area contributed by atoms with Crippen LogP contribution in [0, 0.1) is 0 Å².